The minimum Gasteiger partial charge on any atom is -0.477 e. The number of hydrogen-bond acceptors (Lipinski definition) is 5. The molecule has 2 aliphatic heterocycles. The van der Waals surface area contributed by atoms with Gasteiger partial charge in [0, 0.05) is 51.0 Å². The van der Waals surface area contributed by atoms with Crippen LogP contribution in [0.25, 0.3) is 0 Å². The third-order valence-corrected chi connectivity index (χ3v) is 4.78. The van der Waals surface area contributed by atoms with Crippen molar-refractivity contribution >= 4 is 17.4 Å². The van der Waals surface area contributed by atoms with Crippen LogP contribution in [0.4, 0.5) is 11.5 Å². The van der Waals surface area contributed by atoms with Gasteiger partial charge in [-0.25, -0.2) is 4.98 Å². The smallest absolute Gasteiger partial charge is 0.266 e. The van der Waals surface area contributed by atoms with Gasteiger partial charge in [-0.05, 0) is 24.3 Å². The molecule has 4 rings (SSSR count). The summed E-state index contributed by atoms with van der Waals surface area (Å²) in [5, 5.41) is 2.82. The van der Waals surface area contributed by atoms with E-state index < -0.39 is 6.10 Å². The van der Waals surface area contributed by atoms with Gasteiger partial charge >= 0.3 is 0 Å². The fraction of sp³-hybridized carbons (Fsp3) is 0.368. The van der Waals surface area contributed by atoms with Crippen LogP contribution in [0.15, 0.2) is 48.7 Å². The third-order valence-electron chi connectivity index (χ3n) is 4.78. The first kappa shape index (κ1) is 15.9. The number of para-hydroxylation sites is 1. The standard InChI is InChI=1S/C19H22N4O2/c24-19-17(25-16-7-4-9-20-18(16)21-19)8-10-22-11-13-23(14-12-22)15-5-2-1-3-6-15/h1-7,9,17H,8,10-14H2,(H,20,21,24). The second kappa shape index (κ2) is 7.11. The Kier molecular flexibility index (Phi) is 4.52. The monoisotopic (exact) mass is 338 g/mol. The minimum absolute atomic E-state index is 0.103. The Bertz CT molecular complexity index is 729. The molecular weight excluding hydrogens is 316 g/mol. The van der Waals surface area contributed by atoms with Gasteiger partial charge in [0.25, 0.3) is 5.91 Å². The van der Waals surface area contributed by atoms with Crippen LogP contribution < -0.4 is 15.0 Å². The molecule has 1 saturated heterocycles. The molecule has 1 aromatic heterocycles. The molecule has 1 aromatic carbocycles. The molecule has 0 spiro atoms. The number of ether oxygens (including phenoxy) is 1. The van der Waals surface area contributed by atoms with Crippen LogP contribution >= 0.6 is 0 Å². The van der Waals surface area contributed by atoms with Crippen LogP contribution in [-0.2, 0) is 4.79 Å². The maximum Gasteiger partial charge on any atom is 0.266 e. The second-order valence-corrected chi connectivity index (χ2v) is 6.40. The fourth-order valence-electron chi connectivity index (χ4n) is 3.34. The molecule has 1 N–H and O–H groups in total. The summed E-state index contributed by atoms with van der Waals surface area (Å²) in [4.78, 5) is 21.1. The van der Waals surface area contributed by atoms with Crippen molar-refractivity contribution in [2.45, 2.75) is 12.5 Å². The van der Waals surface area contributed by atoms with Crippen molar-refractivity contribution in [2.75, 3.05) is 42.9 Å². The van der Waals surface area contributed by atoms with Gasteiger partial charge < -0.3 is 15.0 Å². The van der Waals surface area contributed by atoms with E-state index in [1.165, 1.54) is 5.69 Å². The summed E-state index contributed by atoms with van der Waals surface area (Å²) < 4.78 is 5.81. The maximum atomic E-state index is 12.2. The van der Waals surface area contributed by atoms with Crippen molar-refractivity contribution in [1.29, 1.82) is 0 Å². The van der Waals surface area contributed by atoms with Crippen LogP contribution in [0, 0.1) is 0 Å². The van der Waals surface area contributed by atoms with Crippen molar-refractivity contribution in [3.8, 4) is 5.75 Å². The topological polar surface area (TPSA) is 57.7 Å². The quantitative estimate of drug-likeness (QED) is 0.924. The van der Waals surface area contributed by atoms with E-state index >= 15 is 0 Å². The van der Waals surface area contributed by atoms with Crippen molar-refractivity contribution in [2.24, 2.45) is 0 Å². The van der Waals surface area contributed by atoms with E-state index in [0.717, 1.165) is 32.7 Å². The molecule has 1 amide bonds. The number of anilines is 2. The van der Waals surface area contributed by atoms with Crippen LogP contribution in [0.1, 0.15) is 6.42 Å². The van der Waals surface area contributed by atoms with Crippen molar-refractivity contribution in [3.63, 3.8) is 0 Å². The summed E-state index contributed by atoms with van der Waals surface area (Å²) in [6.45, 7) is 4.88. The first-order valence-corrected chi connectivity index (χ1v) is 8.74. The van der Waals surface area contributed by atoms with E-state index in [-0.39, 0.29) is 5.91 Å². The number of carbonyl (C=O) groups is 1. The molecule has 0 saturated carbocycles. The summed E-state index contributed by atoms with van der Waals surface area (Å²) in [7, 11) is 0. The van der Waals surface area contributed by atoms with Crippen LogP contribution in [0.3, 0.4) is 0 Å². The number of benzene rings is 1. The van der Waals surface area contributed by atoms with E-state index in [0.29, 0.717) is 18.0 Å². The Morgan fingerprint density at radius 2 is 1.88 bits per heavy atom. The molecule has 1 atom stereocenters. The summed E-state index contributed by atoms with van der Waals surface area (Å²) >= 11 is 0. The molecular formula is C19H22N4O2. The lowest BCUT2D eigenvalue weighted by Gasteiger charge is -2.36. The fourth-order valence-corrected chi connectivity index (χ4v) is 3.34. The van der Waals surface area contributed by atoms with Gasteiger partial charge in [0.1, 0.15) is 0 Å². The highest BCUT2D eigenvalue weighted by molar-refractivity contribution is 5.96. The highest BCUT2D eigenvalue weighted by atomic mass is 16.5. The number of amides is 1. The molecule has 1 unspecified atom stereocenters. The average molecular weight is 338 g/mol. The Morgan fingerprint density at radius 3 is 2.68 bits per heavy atom. The van der Waals surface area contributed by atoms with Gasteiger partial charge in [-0.3, -0.25) is 9.69 Å². The van der Waals surface area contributed by atoms with E-state index in [4.69, 9.17) is 4.74 Å². The number of nitrogens with zero attached hydrogens (tertiary/aromatic N) is 3. The number of nitrogens with one attached hydrogen (secondary N) is 1. The Labute approximate surface area is 147 Å². The minimum atomic E-state index is -0.441. The number of piperazine rings is 1. The lowest BCUT2D eigenvalue weighted by atomic mass is 10.1. The Balaban J connectivity index is 1.28. The van der Waals surface area contributed by atoms with Gasteiger partial charge in [0.2, 0.25) is 0 Å². The van der Waals surface area contributed by atoms with E-state index in [1.807, 2.05) is 18.2 Å². The second-order valence-electron chi connectivity index (χ2n) is 6.40. The molecule has 0 aliphatic carbocycles. The number of hydrogen-bond donors (Lipinski definition) is 1. The number of aromatic nitrogens is 1. The zero-order chi connectivity index (χ0) is 17.1. The molecule has 0 bridgehead atoms. The zero-order valence-corrected chi connectivity index (χ0v) is 14.1. The summed E-state index contributed by atoms with van der Waals surface area (Å²) in [6.07, 6.45) is 1.89. The Morgan fingerprint density at radius 1 is 1.08 bits per heavy atom. The number of rotatable bonds is 4. The van der Waals surface area contributed by atoms with Crippen LogP contribution in [0.2, 0.25) is 0 Å². The maximum absolute atomic E-state index is 12.2. The number of carbonyl (C=O) groups excluding carboxylic acids is 1. The van der Waals surface area contributed by atoms with Gasteiger partial charge in [0.15, 0.2) is 17.7 Å². The predicted octanol–water partition coefficient (Wildman–Crippen LogP) is 1.99. The van der Waals surface area contributed by atoms with Crippen molar-refractivity contribution < 1.29 is 9.53 Å². The van der Waals surface area contributed by atoms with Crippen LogP contribution in [0.5, 0.6) is 5.75 Å². The van der Waals surface area contributed by atoms with Crippen molar-refractivity contribution in [1.82, 2.24) is 9.88 Å². The third kappa shape index (κ3) is 3.58. The van der Waals surface area contributed by atoms with E-state index in [1.54, 1.807) is 6.20 Å². The van der Waals surface area contributed by atoms with E-state index in [2.05, 4.69) is 44.4 Å². The van der Waals surface area contributed by atoms with Gasteiger partial charge in [-0.1, -0.05) is 18.2 Å². The lowest BCUT2D eigenvalue weighted by molar-refractivity contribution is -0.124. The first-order valence-electron chi connectivity index (χ1n) is 8.74. The average Bonchev–Trinajstić information content (AvgIpc) is 2.67. The largest absolute Gasteiger partial charge is 0.477 e. The van der Waals surface area contributed by atoms with Gasteiger partial charge in [-0.2, -0.15) is 0 Å². The Hall–Kier alpha value is -2.60. The summed E-state index contributed by atoms with van der Waals surface area (Å²) in [5.74, 6) is 1.07. The molecule has 2 aliphatic rings. The molecule has 0 radical (unpaired) electrons. The molecule has 1 fully saturated rings. The lowest BCUT2D eigenvalue weighted by Crippen LogP contribution is -2.48. The zero-order valence-electron chi connectivity index (χ0n) is 14.1. The SMILES string of the molecule is O=C1Nc2ncccc2OC1CCN1CCN(c2ccccc2)CC1. The molecule has 6 nitrogen and oxygen atoms in total. The number of fused-ring (bicyclic) bond motifs is 1. The molecule has 130 valence electrons. The number of pyridine rings is 1. The van der Waals surface area contributed by atoms with Crippen molar-refractivity contribution in [3.05, 3.63) is 48.7 Å². The van der Waals surface area contributed by atoms with Crippen LogP contribution in [-0.4, -0.2) is 54.6 Å². The highest BCUT2D eigenvalue weighted by Crippen LogP contribution is 2.27. The molecule has 2 aromatic rings. The van der Waals surface area contributed by atoms with E-state index in [9.17, 15) is 4.79 Å². The molecule has 6 heteroatoms. The summed E-state index contributed by atoms with van der Waals surface area (Å²) in [6, 6.07) is 14.2. The molecule has 3 heterocycles. The highest BCUT2D eigenvalue weighted by Gasteiger charge is 2.29. The predicted molar refractivity (Wildman–Crippen MR) is 97.0 cm³/mol. The van der Waals surface area contributed by atoms with Gasteiger partial charge in [0.05, 0.1) is 0 Å². The first-order chi connectivity index (χ1) is 12.3. The van der Waals surface area contributed by atoms with Gasteiger partial charge in [-0.15, -0.1) is 0 Å². The summed E-state index contributed by atoms with van der Waals surface area (Å²) in [5.41, 5.74) is 1.28. The normalized spacial score (nSPS) is 20.6. The molecule has 25 heavy (non-hydrogen) atoms.